The Morgan fingerprint density at radius 2 is 2.25 bits per heavy atom. The lowest BCUT2D eigenvalue weighted by Crippen LogP contribution is -2.04. The molecule has 1 saturated carbocycles. The van der Waals surface area contributed by atoms with Crippen LogP contribution in [0.15, 0.2) is 18.6 Å². The van der Waals surface area contributed by atoms with Crippen molar-refractivity contribution in [3.8, 4) is 0 Å². The van der Waals surface area contributed by atoms with E-state index in [0.717, 1.165) is 5.92 Å². The summed E-state index contributed by atoms with van der Waals surface area (Å²) in [5.74, 6) is 1.46. The molecule has 1 aliphatic rings. The monoisotopic (exact) mass is 162 g/mol. The Kier molecular flexibility index (Phi) is 2.07. The number of nitrogens with zero attached hydrogens (tertiary/aromatic N) is 2. The summed E-state index contributed by atoms with van der Waals surface area (Å²) in [5.41, 5.74) is 1.18. The lowest BCUT2D eigenvalue weighted by molar-refractivity contribution is 0.520. The van der Waals surface area contributed by atoms with E-state index in [0.29, 0.717) is 5.92 Å². The molecule has 1 fully saturated rings. The van der Waals surface area contributed by atoms with Crippen molar-refractivity contribution in [1.82, 2.24) is 9.97 Å². The third kappa shape index (κ3) is 1.33. The van der Waals surface area contributed by atoms with Gasteiger partial charge in [-0.1, -0.05) is 19.8 Å². The van der Waals surface area contributed by atoms with Crippen LogP contribution in [0.3, 0.4) is 0 Å². The lowest BCUT2D eigenvalue weighted by atomic mass is 9.95. The Bertz CT molecular complexity index is 245. The zero-order valence-corrected chi connectivity index (χ0v) is 7.40. The Morgan fingerprint density at radius 1 is 1.33 bits per heavy atom. The molecule has 1 aromatic heterocycles. The molecule has 0 aliphatic heterocycles. The van der Waals surface area contributed by atoms with Crippen LogP contribution in [-0.2, 0) is 0 Å². The van der Waals surface area contributed by atoms with Gasteiger partial charge in [0.2, 0.25) is 0 Å². The summed E-state index contributed by atoms with van der Waals surface area (Å²) in [7, 11) is 0. The molecule has 0 saturated heterocycles. The van der Waals surface area contributed by atoms with Gasteiger partial charge in [0.15, 0.2) is 0 Å². The van der Waals surface area contributed by atoms with Crippen molar-refractivity contribution in [2.24, 2.45) is 5.92 Å². The van der Waals surface area contributed by atoms with E-state index in [4.69, 9.17) is 0 Å². The average molecular weight is 162 g/mol. The zero-order chi connectivity index (χ0) is 8.39. The summed E-state index contributed by atoms with van der Waals surface area (Å²) >= 11 is 0. The maximum absolute atomic E-state index is 4.35. The van der Waals surface area contributed by atoms with E-state index >= 15 is 0 Å². The van der Waals surface area contributed by atoms with Gasteiger partial charge in [0.1, 0.15) is 0 Å². The third-order valence-electron chi connectivity index (χ3n) is 2.82. The second-order valence-corrected chi connectivity index (χ2v) is 3.64. The first kappa shape index (κ1) is 7.71. The molecule has 12 heavy (non-hydrogen) atoms. The van der Waals surface area contributed by atoms with Crippen molar-refractivity contribution >= 4 is 0 Å². The summed E-state index contributed by atoms with van der Waals surface area (Å²) in [6.07, 6.45) is 9.43. The SMILES string of the molecule is CC1CCCC1c1cnccn1. The number of hydrogen-bond acceptors (Lipinski definition) is 2. The second kappa shape index (κ2) is 3.21. The van der Waals surface area contributed by atoms with Gasteiger partial charge in [-0.05, 0) is 12.3 Å². The van der Waals surface area contributed by atoms with E-state index in [1.54, 1.807) is 12.4 Å². The van der Waals surface area contributed by atoms with Crippen molar-refractivity contribution < 1.29 is 0 Å². The predicted octanol–water partition coefficient (Wildman–Crippen LogP) is 2.38. The van der Waals surface area contributed by atoms with Crippen LogP contribution in [0.1, 0.15) is 37.8 Å². The van der Waals surface area contributed by atoms with Gasteiger partial charge in [-0.2, -0.15) is 0 Å². The quantitative estimate of drug-likeness (QED) is 0.633. The first-order valence-corrected chi connectivity index (χ1v) is 4.64. The normalized spacial score (nSPS) is 29.1. The van der Waals surface area contributed by atoms with Gasteiger partial charge in [-0.15, -0.1) is 0 Å². The molecule has 1 heterocycles. The summed E-state index contributed by atoms with van der Waals surface area (Å²) in [6, 6.07) is 0. The number of hydrogen-bond donors (Lipinski definition) is 0. The molecule has 2 heteroatoms. The molecule has 0 amide bonds. The minimum atomic E-state index is 0.665. The van der Waals surface area contributed by atoms with Crippen LogP contribution >= 0.6 is 0 Å². The van der Waals surface area contributed by atoms with Crippen LogP contribution in [0.25, 0.3) is 0 Å². The van der Waals surface area contributed by atoms with Crippen LogP contribution < -0.4 is 0 Å². The van der Waals surface area contributed by atoms with Crippen LogP contribution in [0.2, 0.25) is 0 Å². The number of rotatable bonds is 1. The van der Waals surface area contributed by atoms with E-state index in [-0.39, 0.29) is 0 Å². The van der Waals surface area contributed by atoms with E-state index in [1.165, 1.54) is 25.0 Å². The summed E-state index contributed by atoms with van der Waals surface area (Å²) in [6.45, 7) is 2.31. The van der Waals surface area contributed by atoms with Gasteiger partial charge in [0.05, 0.1) is 5.69 Å². The highest BCUT2D eigenvalue weighted by Crippen LogP contribution is 2.37. The van der Waals surface area contributed by atoms with Crippen LogP contribution in [-0.4, -0.2) is 9.97 Å². The fourth-order valence-electron chi connectivity index (χ4n) is 2.09. The zero-order valence-electron chi connectivity index (χ0n) is 7.40. The average Bonchev–Trinajstić information content (AvgIpc) is 2.53. The van der Waals surface area contributed by atoms with E-state index in [1.807, 2.05) is 6.20 Å². The Hall–Kier alpha value is -0.920. The number of aromatic nitrogens is 2. The molecule has 0 radical (unpaired) electrons. The van der Waals surface area contributed by atoms with Crippen molar-refractivity contribution in [1.29, 1.82) is 0 Å². The molecular weight excluding hydrogens is 148 g/mol. The van der Waals surface area contributed by atoms with Gasteiger partial charge in [0.25, 0.3) is 0 Å². The maximum atomic E-state index is 4.35. The highest BCUT2D eigenvalue weighted by atomic mass is 14.8. The smallest absolute Gasteiger partial charge is 0.0620 e. The van der Waals surface area contributed by atoms with Gasteiger partial charge >= 0.3 is 0 Å². The molecule has 1 aliphatic carbocycles. The first-order valence-electron chi connectivity index (χ1n) is 4.64. The van der Waals surface area contributed by atoms with Crippen molar-refractivity contribution in [2.75, 3.05) is 0 Å². The second-order valence-electron chi connectivity index (χ2n) is 3.64. The molecule has 2 nitrogen and oxygen atoms in total. The van der Waals surface area contributed by atoms with Crippen LogP contribution in [0.4, 0.5) is 0 Å². The lowest BCUT2D eigenvalue weighted by Gasteiger charge is -2.12. The topological polar surface area (TPSA) is 25.8 Å². The van der Waals surface area contributed by atoms with E-state index in [2.05, 4.69) is 16.9 Å². The molecule has 2 unspecified atom stereocenters. The molecule has 64 valence electrons. The Morgan fingerprint density at radius 3 is 2.83 bits per heavy atom. The molecule has 1 aromatic rings. The third-order valence-corrected chi connectivity index (χ3v) is 2.82. The molecule has 2 rings (SSSR count). The van der Waals surface area contributed by atoms with Gasteiger partial charge < -0.3 is 0 Å². The molecule has 2 atom stereocenters. The van der Waals surface area contributed by atoms with Crippen molar-refractivity contribution in [3.05, 3.63) is 24.3 Å². The van der Waals surface area contributed by atoms with Crippen molar-refractivity contribution in [2.45, 2.75) is 32.1 Å². The minimum Gasteiger partial charge on any atom is -0.261 e. The fourth-order valence-corrected chi connectivity index (χ4v) is 2.09. The molecule has 0 spiro atoms. The summed E-state index contributed by atoms with van der Waals surface area (Å²) in [4.78, 5) is 8.45. The van der Waals surface area contributed by atoms with Gasteiger partial charge in [0, 0.05) is 24.5 Å². The van der Waals surface area contributed by atoms with Crippen LogP contribution in [0, 0.1) is 5.92 Å². The fraction of sp³-hybridized carbons (Fsp3) is 0.600. The van der Waals surface area contributed by atoms with Gasteiger partial charge in [-0.25, -0.2) is 0 Å². The molecular formula is C10H14N2. The molecule has 0 aromatic carbocycles. The summed E-state index contributed by atoms with van der Waals surface area (Å²) < 4.78 is 0. The highest BCUT2D eigenvalue weighted by Gasteiger charge is 2.25. The van der Waals surface area contributed by atoms with E-state index < -0.39 is 0 Å². The predicted molar refractivity (Wildman–Crippen MR) is 47.8 cm³/mol. The van der Waals surface area contributed by atoms with E-state index in [9.17, 15) is 0 Å². The first-order chi connectivity index (χ1) is 5.88. The largest absolute Gasteiger partial charge is 0.261 e. The molecule has 0 bridgehead atoms. The van der Waals surface area contributed by atoms with Gasteiger partial charge in [-0.3, -0.25) is 9.97 Å². The summed E-state index contributed by atoms with van der Waals surface area (Å²) in [5, 5.41) is 0. The Balaban J connectivity index is 2.19. The standard InChI is InChI=1S/C10H14N2/c1-8-3-2-4-9(8)10-7-11-5-6-12-10/h5-9H,2-4H2,1H3. The molecule has 0 N–H and O–H groups in total. The Labute approximate surface area is 73.1 Å². The highest BCUT2D eigenvalue weighted by molar-refractivity contribution is 5.06. The maximum Gasteiger partial charge on any atom is 0.0620 e. The van der Waals surface area contributed by atoms with Crippen molar-refractivity contribution in [3.63, 3.8) is 0 Å². The minimum absolute atomic E-state index is 0.665. The van der Waals surface area contributed by atoms with Crippen LogP contribution in [0.5, 0.6) is 0 Å².